The fraction of sp³-hybridized carbons (Fsp3) is 0.333. The number of hydrogen-bond acceptors (Lipinski definition) is 3. The van der Waals surface area contributed by atoms with Crippen LogP contribution < -0.4 is 0 Å². The molecule has 104 valence electrons. The van der Waals surface area contributed by atoms with Gasteiger partial charge in [-0.3, -0.25) is 9.78 Å². The first-order valence-electron chi connectivity index (χ1n) is 6.61. The summed E-state index contributed by atoms with van der Waals surface area (Å²) in [5, 5.41) is 0.388. The van der Waals surface area contributed by atoms with Gasteiger partial charge in [0.1, 0.15) is 11.5 Å². The van der Waals surface area contributed by atoms with Crippen molar-refractivity contribution in [2.24, 2.45) is 0 Å². The van der Waals surface area contributed by atoms with E-state index in [0.29, 0.717) is 17.1 Å². The molecule has 2 aromatic rings. The lowest BCUT2D eigenvalue weighted by Crippen LogP contribution is -2.32. The van der Waals surface area contributed by atoms with Gasteiger partial charge < -0.3 is 9.32 Å². The molecular formula is C15H15ClN2O2. The van der Waals surface area contributed by atoms with Crippen molar-refractivity contribution in [3.05, 3.63) is 52.7 Å². The lowest BCUT2D eigenvalue weighted by molar-refractivity contribution is 0.0717. The van der Waals surface area contributed by atoms with Crippen LogP contribution in [0.25, 0.3) is 0 Å². The number of hydrogen-bond donors (Lipinski definition) is 0. The smallest absolute Gasteiger partial charge is 0.256 e. The average molecular weight is 291 g/mol. The molecule has 2 heterocycles. The van der Waals surface area contributed by atoms with E-state index in [1.807, 2.05) is 24.0 Å². The molecule has 0 bridgehead atoms. The first-order valence-corrected chi connectivity index (χ1v) is 6.99. The summed E-state index contributed by atoms with van der Waals surface area (Å²) in [6.07, 6.45) is 5.15. The summed E-state index contributed by atoms with van der Waals surface area (Å²) in [4.78, 5) is 18.4. The second-order valence-electron chi connectivity index (χ2n) is 5.03. The van der Waals surface area contributed by atoms with Gasteiger partial charge in [0.15, 0.2) is 0 Å². The standard InChI is InChI=1S/C15H15ClN2O2/c1-10-2-5-12(20-10)9-18(11-3-4-11)15(19)13-6-7-17-8-14(13)16/h2,5-8,11H,3-4,9H2,1H3. The minimum absolute atomic E-state index is 0.0612. The maximum Gasteiger partial charge on any atom is 0.256 e. The number of halogens is 1. The van der Waals surface area contributed by atoms with Gasteiger partial charge in [-0.05, 0) is 38.0 Å². The van der Waals surface area contributed by atoms with Crippen LogP contribution in [0, 0.1) is 6.92 Å². The monoisotopic (exact) mass is 290 g/mol. The molecule has 3 rings (SSSR count). The van der Waals surface area contributed by atoms with Gasteiger partial charge in [-0.25, -0.2) is 0 Å². The van der Waals surface area contributed by atoms with Gasteiger partial charge in [0.05, 0.1) is 17.1 Å². The summed E-state index contributed by atoms with van der Waals surface area (Å²) in [5.41, 5.74) is 0.497. The summed E-state index contributed by atoms with van der Waals surface area (Å²) in [5.74, 6) is 1.59. The topological polar surface area (TPSA) is 46.3 Å². The first kappa shape index (κ1) is 13.2. The van der Waals surface area contributed by atoms with E-state index in [0.717, 1.165) is 24.4 Å². The van der Waals surface area contributed by atoms with Crippen LogP contribution in [0.4, 0.5) is 0 Å². The zero-order chi connectivity index (χ0) is 14.1. The zero-order valence-corrected chi connectivity index (χ0v) is 11.9. The van der Waals surface area contributed by atoms with Gasteiger partial charge in [0.2, 0.25) is 0 Å². The van der Waals surface area contributed by atoms with Crippen molar-refractivity contribution in [3.63, 3.8) is 0 Å². The second kappa shape index (κ2) is 5.29. The maximum atomic E-state index is 12.6. The maximum absolute atomic E-state index is 12.6. The lowest BCUT2D eigenvalue weighted by Gasteiger charge is -2.21. The molecule has 1 amide bonds. The fourth-order valence-electron chi connectivity index (χ4n) is 2.19. The number of amides is 1. The highest BCUT2D eigenvalue weighted by Gasteiger charge is 2.34. The van der Waals surface area contributed by atoms with Crippen LogP contribution in [0.5, 0.6) is 0 Å². The highest BCUT2D eigenvalue weighted by molar-refractivity contribution is 6.33. The van der Waals surface area contributed by atoms with Gasteiger partial charge >= 0.3 is 0 Å². The predicted octanol–water partition coefficient (Wildman–Crippen LogP) is 3.44. The number of aromatic nitrogens is 1. The Morgan fingerprint density at radius 2 is 2.25 bits per heavy atom. The molecule has 0 aromatic carbocycles. The summed E-state index contributed by atoms with van der Waals surface area (Å²) < 4.78 is 5.57. The molecule has 1 aliphatic rings. The highest BCUT2D eigenvalue weighted by atomic mass is 35.5. The summed E-state index contributed by atoms with van der Waals surface area (Å²) in [7, 11) is 0. The van der Waals surface area contributed by atoms with Crippen LogP contribution in [0.15, 0.2) is 35.0 Å². The van der Waals surface area contributed by atoms with Crippen molar-refractivity contribution < 1.29 is 9.21 Å². The molecule has 5 heteroatoms. The largest absolute Gasteiger partial charge is 0.464 e. The lowest BCUT2D eigenvalue weighted by atomic mass is 10.2. The highest BCUT2D eigenvalue weighted by Crippen LogP contribution is 2.31. The Balaban J connectivity index is 1.84. The van der Waals surface area contributed by atoms with E-state index in [1.54, 1.807) is 12.3 Å². The molecule has 0 N–H and O–H groups in total. The predicted molar refractivity (Wildman–Crippen MR) is 75.6 cm³/mol. The van der Waals surface area contributed by atoms with Crippen LogP contribution in [0.2, 0.25) is 5.02 Å². The third kappa shape index (κ3) is 2.70. The van der Waals surface area contributed by atoms with Crippen molar-refractivity contribution >= 4 is 17.5 Å². The van der Waals surface area contributed by atoms with Gasteiger partial charge in [-0.1, -0.05) is 11.6 Å². The number of carbonyl (C=O) groups is 1. The van der Waals surface area contributed by atoms with Crippen molar-refractivity contribution in [3.8, 4) is 0 Å². The second-order valence-corrected chi connectivity index (χ2v) is 5.44. The van der Waals surface area contributed by atoms with Crippen LogP contribution in [-0.2, 0) is 6.54 Å². The quantitative estimate of drug-likeness (QED) is 0.866. The summed E-state index contributed by atoms with van der Waals surface area (Å²) in [6, 6.07) is 5.77. The Hall–Kier alpha value is -1.81. The third-order valence-electron chi connectivity index (χ3n) is 3.37. The number of furan rings is 1. The molecule has 0 radical (unpaired) electrons. The number of carbonyl (C=O) groups excluding carboxylic acids is 1. The molecule has 0 saturated heterocycles. The molecule has 1 aliphatic carbocycles. The van der Waals surface area contributed by atoms with Gasteiger partial charge in [-0.15, -0.1) is 0 Å². The molecule has 2 aromatic heterocycles. The first-order chi connectivity index (χ1) is 9.65. The van der Waals surface area contributed by atoms with E-state index >= 15 is 0 Å². The van der Waals surface area contributed by atoms with Crippen LogP contribution in [0.1, 0.15) is 34.7 Å². The number of aryl methyl sites for hydroxylation is 1. The molecule has 0 unspecified atom stereocenters. The van der Waals surface area contributed by atoms with E-state index in [-0.39, 0.29) is 11.9 Å². The number of nitrogens with zero attached hydrogens (tertiary/aromatic N) is 2. The Morgan fingerprint density at radius 3 is 2.85 bits per heavy atom. The van der Waals surface area contributed by atoms with Crippen molar-refractivity contribution in [2.45, 2.75) is 32.4 Å². The van der Waals surface area contributed by atoms with E-state index in [2.05, 4.69) is 4.98 Å². The normalized spacial score (nSPS) is 14.3. The number of pyridine rings is 1. The van der Waals surface area contributed by atoms with E-state index in [1.165, 1.54) is 6.20 Å². The van der Waals surface area contributed by atoms with Gasteiger partial charge in [0, 0.05) is 18.4 Å². The minimum Gasteiger partial charge on any atom is -0.464 e. The molecule has 0 aliphatic heterocycles. The Bertz CT molecular complexity index is 634. The fourth-order valence-corrected chi connectivity index (χ4v) is 2.39. The van der Waals surface area contributed by atoms with Crippen molar-refractivity contribution in [1.29, 1.82) is 0 Å². The molecule has 1 fully saturated rings. The third-order valence-corrected chi connectivity index (χ3v) is 3.67. The Morgan fingerprint density at radius 1 is 1.45 bits per heavy atom. The van der Waals surface area contributed by atoms with Crippen molar-refractivity contribution in [1.82, 2.24) is 9.88 Å². The van der Waals surface area contributed by atoms with E-state index in [9.17, 15) is 4.79 Å². The Labute approximate surface area is 122 Å². The van der Waals surface area contributed by atoms with E-state index < -0.39 is 0 Å². The zero-order valence-electron chi connectivity index (χ0n) is 11.2. The van der Waals surface area contributed by atoms with Gasteiger partial charge in [-0.2, -0.15) is 0 Å². The van der Waals surface area contributed by atoms with Crippen LogP contribution >= 0.6 is 11.6 Å². The van der Waals surface area contributed by atoms with Crippen LogP contribution in [0.3, 0.4) is 0 Å². The molecule has 4 nitrogen and oxygen atoms in total. The summed E-state index contributed by atoms with van der Waals surface area (Å²) in [6.45, 7) is 2.38. The molecule has 1 saturated carbocycles. The molecule has 0 atom stereocenters. The van der Waals surface area contributed by atoms with Crippen LogP contribution in [-0.4, -0.2) is 21.8 Å². The molecule has 20 heavy (non-hydrogen) atoms. The Kier molecular flexibility index (Phi) is 3.49. The minimum atomic E-state index is -0.0612. The SMILES string of the molecule is Cc1ccc(CN(C(=O)c2ccncc2Cl)C2CC2)o1. The van der Waals surface area contributed by atoms with E-state index in [4.69, 9.17) is 16.0 Å². The molecule has 0 spiro atoms. The van der Waals surface area contributed by atoms with Crippen molar-refractivity contribution in [2.75, 3.05) is 0 Å². The number of rotatable bonds is 4. The van der Waals surface area contributed by atoms with Gasteiger partial charge in [0.25, 0.3) is 5.91 Å². The molecular weight excluding hydrogens is 276 g/mol. The average Bonchev–Trinajstić information content (AvgIpc) is 3.19. The summed E-state index contributed by atoms with van der Waals surface area (Å²) >= 11 is 6.06.